The van der Waals surface area contributed by atoms with E-state index in [1.807, 2.05) is 0 Å². The molecule has 1 aromatic carbocycles. The van der Waals surface area contributed by atoms with Crippen LogP contribution in [0.15, 0.2) is 43.0 Å². The van der Waals surface area contributed by atoms with Crippen LogP contribution in [0.4, 0.5) is 0 Å². The molecule has 13 heavy (non-hydrogen) atoms. The van der Waals surface area contributed by atoms with E-state index in [4.69, 9.17) is 0 Å². The van der Waals surface area contributed by atoms with Crippen LogP contribution in [-0.4, -0.2) is 19.5 Å². The summed E-state index contributed by atoms with van der Waals surface area (Å²) in [7, 11) is -0.782. The first-order chi connectivity index (χ1) is 6.14. The molecular weight excluding hydrogens is 175 g/mol. The molecule has 0 unspecified atom stereocenters. The Balaban J connectivity index is 2.63. The predicted molar refractivity (Wildman–Crippen MR) is 64.0 cm³/mol. The third-order valence-electron chi connectivity index (χ3n) is 2.08. The van der Waals surface area contributed by atoms with Gasteiger partial charge < -0.3 is 0 Å². The van der Waals surface area contributed by atoms with Crippen molar-refractivity contribution in [1.82, 2.24) is 0 Å². The van der Waals surface area contributed by atoms with Gasteiger partial charge >= 0.3 is 0 Å². The molecule has 0 saturated heterocycles. The van der Waals surface area contributed by atoms with Crippen LogP contribution in [-0.2, 0) is 6.16 Å². The highest BCUT2D eigenvalue weighted by Crippen LogP contribution is 2.54. The van der Waals surface area contributed by atoms with Crippen molar-refractivity contribution in [3.05, 3.63) is 48.6 Å². The molecule has 0 spiro atoms. The summed E-state index contributed by atoms with van der Waals surface area (Å²) in [4.78, 5) is 0. The lowest BCUT2D eigenvalue weighted by Gasteiger charge is -2.15. The molecular formula is C12H18P+. The summed E-state index contributed by atoms with van der Waals surface area (Å²) in [6.45, 7) is 8.60. The van der Waals surface area contributed by atoms with E-state index in [0.717, 1.165) is 0 Å². The summed E-state index contributed by atoms with van der Waals surface area (Å²) >= 11 is 0. The maximum absolute atomic E-state index is 3.82. The van der Waals surface area contributed by atoms with Crippen LogP contribution >= 0.6 is 7.26 Å². The first kappa shape index (κ1) is 10.5. The first-order valence-electron chi connectivity index (χ1n) is 4.61. The van der Waals surface area contributed by atoms with Gasteiger partial charge in [0.15, 0.2) is 0 Å². The van der Waals surface area contributed by atoms with Crippen LogP contribution < -0.4 is 0 Å². The van der Waals surface area contributed by atoms with Crippen molar-refractivity contribution >= 4 is 7.26 Å². The van der Waals surface area contributed by atoms with Gasteiger partial charge in [-0.1, -0.05) is 43.0 Å². The normalized spacial score (nSPS) is 11.2. The Morgan fingerprint density at radius 1 is 1.23 bits per heavy atom. The molecule has 0 aliphatic heterocycles. The van der Waals surface area contributed by atoms with Crippen LogP contribution in [0, 0.1) is 0 Å². The molecule has 0 bridgehead atoms. The lowest BCUT2D eigenvalue weighted by atomic mass is 10.2. The minimum absolute atomic E-state index is 0.782. The summed E-state index contributed by atoms with van der Waals surface area (Å²) in [5, 5.41) is 0. The molecule has 0 amide bonds. The molecule has 0 nitrogen and oxygen atoms in total. The average Bonchev–Trinajstić information content (AvgIpc) is 2.04. The van der Waals surface area contributed by atoms with Crippen molar-refractivity contribution in [2.24, 2.45) is 0 Å². The van der Waals surface area contributed by atoms with Gasteiger partial charge in [-0.3, -0.25) is 0 Å². The molecule has 0 aliphatic rings. The number of hydrogen-bond acceptors (Lipinski definition) is 0. The Morgan fingerprint density at radius 2 is 1.85 bits per heavy atom. The second kappa shape index (κ2) is 4.58. The van der Waals surface area contributed by atoms with Gasteiger partial charge in [0, 0.05) is 20.6 Å². The lowest BCUT2D eigenvalue weighted by Crippen LogP contribution is -1.96. The molecule has 1 heteroatoms. The lowest BCUT2D eigenvalue weighted by molar-refractivity contribution is 1.36. The van der Waals surface area contributed by atoms with E-state index in [1.54, 1.807) is 0 Å². The molecule has 0 radical (unpaired) electrons. The van der Waals surface area contributed by atoms with Gasteiger partial charge in [0.05, 0.1) is 12.3 Å². The number of allylic oxidation sites excluding steroid dienone is 1. The zero-order valence-corrected chi connectivity index (χ0v) is 9.43. The van der Waals surface area contributed by atoms with Crippen LogP contribution in [0.5, 0.6) is 0 Å². The van der Waals surface area contributed by atoms with Gasteiger partial charge in [0.2, 0.25) is 0 Å². The summed E-state index contributed by atoms with van der Waals surface area (Å²) in [6.07, 6.45) is 4.47. The standard InChI is InChI=1S/C12H18P/c1-4-10-13(2,3)11-12-8-6-5-7-9-12/h4-9H,1,10-11H2,2-3H3/q+1. The monoisotopic (exact) mass is 193 g/mol. The smallest absolute Gasteiger partial charge is 0.0840 e. The van der Waals surface area contributed by atoms with Crippen molar-refractivity contribution in [3.8, 4) is 0 Å². The van der Waals surface area contributed by atoms with E-state index in [2.05, 4.69) is 56.3 Å². The van der Waals surface area contributed by atoms with Gasteiger partial charge in [-0.05, 0) is 5.56 Å². The second-order valence-electron chi connectivity index (χ2n) is 4.05. The van der Waals surface area contributed by atoms with Crippen LogP contribution in [0.1, 0.15) is 5.56 Å². The zero-order chi connectivity index (χ0) is 9.73. The Bertz CT molecular complexity index is 262. The van der Waals surface area contributed by atoms with E-state index >= 15 is 0 Å². The third kappa shape index (κ3) is 3.74. The molecule has 1 aromatic rings. The van der Waals surface area contributed by atoms with E-state index in [1.165, 1.54) is 17.9 Å². The van der Waals surface area contributed by atoms with Crippen LogP contribution in [0.2, 0.25) is 0 Å². The van der Waals surface area contributed by atoms with E-state index in [9.17, 15) is 0 Å². The molecule has 0 aliphatic carbocycles. The third-order valence-corrected chi connectivity index (χ3v) is 4.54. The molecule has 0 N–H and O–H groups in total. The van der Waals surface area contributed by atoms with Crippen molar-refractivity contribution in [2.45, 2.75) is 6.16 Å². The minimum atomic E-state index is -0.782. The second-order valence-corrected chi connectivity index (χ2v) is 8.60. The van der Waals surface area contributed by atoms with Crippen molar-refractivity contribution in [2.75, 3.05) is 19.5 Å². The minimum Gasteiger partial charge on any atom is -0.0995 e. The highest BCUT2D eigenvalue weighted by molar-refractivity contribution is 7.73. The van der Waals surface area contributed by atoms with Gasteiger partial charge in [-0.25, -0.2) is 0 Å². The Kier molecular flexibility index (Phi) is 3.69. The van der Waals surface area contributed by atoms with Crippen LogP contribution in [0.3, 0.4) is 0 Å². The molecule has 70 valence electrons. The fourth-order valence-corrected chi connectivity index (χ4v) is 3.52. The number of hydrogen-bond donors (Lipinski definition) is 0. The van der Waals surface area contributed by atoms with Crippen LogP contribution in [0.25, 0.3) is 0 Å². The quantitative estimate of drug-likeness (QED) is 0.505. The molecule has 1 rings (SSSR count). The van der Waals surface area contributed by atoms with Gasteiger partial charge in [0.25, 0.3) is 0 Å². The average molecular weight is 193 g/mol. The Labute approximate surface area is 82.0 Å². The Hall–Kier alpha value is -0.610. The maximum atomic E-state index is 3.82. The summed E-state index contributed by atoms with van der Waals surface area (Å²) in [6, 6.07) is 10.7. The fraction of sp³-hybridized carbons (Fsp3) is 0.333. The van der Waals surface area contributed by atoms with Gasteiger partial charge in [-0.2, -0.15) is 0 Å². The number of rotatable bonds is 4. The van der Waals surface area contributed by atoms with E-state index < -0.39 is 7.26 Å². The Morgan fingerprint density at radius 3 is 2.38 bits per heavy atom. The van der Waals surface area contributed by atoms with Gasteiger partial charge in [0.1, 0.15) is 0 Å². The number of benzene rings is 1. The molecule has 0 atom stereocenters. The largest absolute Gasteiger partial charge is 0.0995 e. The van der Waals surface area contributed by atoms with Gasteiger partial charge in [-0.15, -0.1) is 0 Å². The molecule has 0 fully saturated rings. The SMILES string of the molecule is C=CC[P+](C)(C)Cc1ccccc1. The summed E-state index contributed by atoms with van der Waals surface area (Å²) < 4.78 is 0. The topological polar surface area (TPSA) is 0 Å². The first-order valence-corrected chi connectivity index (χ1v) is 7.66. The molecule has 0 heterocycles. The fourth-order valence-electron chi connectivity index (χ4n) is 1.49. The van der Waals surface area contributed by atoms with E-state index in [0.29, 0.717) is 0 Å². The molecule has 0 aromatic heterocycles. The maximum Gasteiger partial charge on any atom is 0.0840 e. The van der Waals surface area contributed by atoms with Crippen molar-refractivity contribution < 1.29 is 0 Å². The van der Waals surface area contributed by atoms with Crippen molar-refractivity contribution in [1.29, 1.82) is 0 Å². The summed E-state index contributed by atoms with van der Waals surface area (Å²) in [5.74, 6) is 0. The highest BCUT2D eigenvalue weighted by Gasteiger charge is 2.22. The highest BCUT2D eigenvalue weighted by atomic mass is 31.2. The van der Waals surface area contributed by atoms with Crippen molar-refractivity contribution in [3.63, 3.8) is 0 Å². The zero-order valence-electron chi connectivity index (χ0n) is 8.53. The van der Waals surface area contributed by atoms with E-state index in [-0.39, 0.29) is 0 Å². The predicted octanol–water partition coefficient (Wildman–Crippen LogP) is 3.65. The summed E-state index contributed by atoms with van der Waals surface area (Å²) in [5.41, 5.74) is 1.46. The molecule has 0 saturated carbocycles.